The zero-order valence-corrected chi connectivity index (χ0v) is 23.5. The van der Waals surface area contributed by atoms with Crippen molar-refractivity contribution in [1.82, 2.24) is 24.1 Å². The van der Waals surface area contributed by atoms with E-state index in [9.17, 15) is 26.4 Å². The van der Waals surface area contributed by atoms with Crippen LogP contribution in [0.1, 0.15) is 44.2 Å². The van der Waals surface area contributed by atoms with Gasteiger partial charge < -0.3 is 19.9 Å². The quantitative estimate of drug-likeness (QED) is 0.290. The van der Waals surface area contributed by atoms with Gasteiger partial charge in [0.15, 0.2) is 21.3 Å². The minimum absolute atomic E-state index is 0.0103. The number of alkyl halides is 3. The van der Waals surface area contributed by atoms with Crippen LogP contribution in [0.5, 0.6) is 0 Å². The van der Waals surface area contributed by atoms with E-state index in [2.05, 4.69) is 25.6 Å². The summed E-state index contributed by atoms with van der Waals surface area (Å²) >= 11 is 0. The third-order valence-electron chi connectivity index (χ3n) is 7.27. The fourth-order valence-corrected chi connectivity index (χ4v) is 5.92. The van der Waals surface area contributed by atoms with Crippen molar-refractivity contribution in [1.29, 1.82) is 0 Å². The van der Waals surface area contributed by atoms with Crippen molar-refractivity contribution in [3.8, 4) is 11.3 Å². The molecule has 1 unspecified atom stereocenters. The molecule has 1 saturated heterocycles. The summed E-state index contributed by atoms with van der Waals surface area (Å²) in [6.45, 7) is 0.370. The van der Waals surface area contributed by atoms with Crippen LogP contribution in [-0.4, -0.2) is 57.4 Å². The summed E-state index contributed by atoms with van der Waals surface area (Å²) in [6, 6.07) is 6.05. The number of imidazole rings is 2. The van der Waals surface area contributed by atoms with E-state index in [-0.39, 0.29) is 39.7 Å². The number of pyridine rings is 1. The first-order valence-corrected chi connectivity index (χ1v) is 15.3. The van der Waals surface area contributed by atoms with Gasteiger partial charge >= 0.3 is 0 Å². The van der Waals surface area contributed by atoms with Crippen LogP contribution >= 0.6 is 0 Å². The molecule has 1 saturated carbocycles. The molecular formula is C27H28F3N7O4S. The van der Waals surface area contributed by atoms with Crippen molar-refractivity contribution < 1.29 is 31.1 Å². The minimum Gasteiger partial charge on any atom is -0.358 e. The maximum atomic E-state index is 14.3. The summed E-state index contributed by atoms with van der Waals surface area (Å²) < 4.78 is 76.6. The summed E-state index contributed by atoms with van der Waals surface area (Å²) in [5.74, 6) is -2.02. The highest BCUT2D eigenvalue weighted by atomic mass is 32.2. The van der Waals surface area contributed by atoms with Gasteiger partial charge in [-0.05, 0) is 37.8 Å². The van der Waals surface area contributed by atoms with Gasteiger partial charge in [-0.15, -0.1) is 0 Å². The first kappa shape index (κ1) is 28.2. The van der Waals surface area contributed by atoms with Gasteiger partial charge in [0.2, 0.25) is 5.91 Å². The number of benzene rings is 1. The average Bonchev–Trinajstić information content (AvgIpc) is 3.33. The molecule has 42 heavy (non-hydrogen) atoms. The molecule has 0 spiro atoms. The molecule has 2 aliphatic rings. The molecule has 222 valence electrons. The van der Waals surface area contributed by atoms with E-state index < -0.39 is 46.3 Å². The highest BCUT2D eigenvalue weighted by Gasteiger charge is 2.44. The van der Waals surface area contributed by atoms with Crippen LogP contribution in [-0.2, 0) is 26.4 Å². The lowest BCUT2D eigenvalue weighted by atomic mass is 10.1. The molecule has 3 atom stereocenters. The van der Waals surface area contributed by atoms with Gasteiger partial charge in [0.25, 0.3) is 6.43 Å². The molecule has 2 fully saturated rings. The molecule has 1 aliphatic heterocycles. The molecule has 3 aromatic heterocycles. The Labute approximate surface area is 239 Å². The van der Waals surface area contributed by atoms with Gasteiger partial charge in [-0.2, -0.15) is 0 Å². The van der Waals surface area contributed by atoms with Gasteiger partial charge in [-0.1, -0.05) is 6.07 Å². The lowest BCUT2D eigenvalue weighted by Crippen LogP contribution is -2.21. The zero-order chi connectivity index (χ0) is 29.8. The van der Waals surface area contributed by atoms with Crippen molar-refractivity contribution in [2.75, 3.05) is 23.5 Å². The summed E-state index contributed by atoms with van der Waals surface area (Å²) in [7, 11) is -2.00. The molecule has 0 radical (unpaired) electrons. The third-order valence-corrected chi connectivity index (χ3v) is 8.40. The molecule has 6 rings (SSSR count). The molecule has 1 amide bonds. The first-order chi connectivity index (χ1) is 20.0. The van der Waals surface area contributed by atoms with Crippen molar-refractivity contribution in [2.45, 2.75) is 49.4 Å². The summed E-state index contributed by atoms with van der Waals surface area (Å²) in [6.07, 6.45) is 1.45. The second kappa shape index (κ2) is 10.7. The number of rotatable bonds is 8. The Morgan fingerprint density at radius 3 is 2.57 bits per heavy atom. The van der Waals surface area contributed by atoms with E-state index in [0.717, 1.165) is 19.1 Å². The SMILES string of the molecule is Cn1cnc(-c2ccc(Nc3cc(NC(=O)[C@@H]4C[C@@H]4F)nc4c3nc(C(F)F)n4C3CCCCO3)c(S(C)(=O)=O)c2)c1. The Balaban J connectivity index is 1.49. The van der Waals surface area contributed by atoms with Crippen LogP contribution < -0.4 is 10.6 Å². The number of aromatic nitrogens is 5. The number of amides is 1. The van der Waals surface area contributed by atoms with Crippen LogP contribution in [0, 0.1) is 5.92 Å². The number of carbonyl (C=O) groups excluding carboxylic acids is 1. The summed E-state index contributed by atoms with van der Waals surface area (Å²) in [5, 5.41) is 5.59. The van der Waals surface area contributed by atoms with E-state index in [4.69, 9.17) is 4.74 Å². The van der Waals surface area contributed by atoms with Gasteiger partial charge in [0, 0.05) is 37.7 Å². The highest BCUT2D eigenvalue weighted by molar-refractivity contribution is 7.90. The highest BCUT2D eigenvalue weighted by Crippen LogP contribution is 2.39. The molecular weight excluding hydrogens is 575 g/mol. The van der Waals surface area contributed by atoms with Crippen molar-refractivity contribution in [3.63, 3.8) is 0 Å². The van der Waals surface area contributed by atoms with Gasteiger partial charge in [0.05, 0.1) is 34.2 Å². The number of halogens is 3. The number of nitrogens with zero attached hydrogens (tertiary/aromatic N) is 5. The maximum absolute atomic E-state index is 14.3. The molecule has 1 aliphatic carbocycles. The van der Waals surface area contributed by atoms with E-state index in [0.29, 0.717) is 24.3 Å². The smallest absolute Gasteiger partial charge is 0.295 e. The Bertz CT molecular complexity index is 1780. The minimum atomic E-state index is -3.79. The van der Waals surface area contributed by atoms with Gasteiger partial charge in [-0.3, -0.25) is 9.36 Å². The topological polar surface area (TPSA) is 133 Å². The van der Waals surface area contributed by atoms with Crippen LogP contribution in [0.3, 0.4) is 0 Å². The van der Waals surface area contributed by atoms with Crippen molar-refractivity contribution >= 4 is 44.1 Å². The number of ether oxygens (including phenoxy) is 1. The molecule has 0 bridgehead atoms. The van der Waals surface area contributed by atoms with Gasteiger partial charge in [-0.25, -0.2) is 36.5 Å². The fourth-order valence-electron chi connectivity index (χ4n) is 5.06. The van der Waals surface area contributed by atoms with Crippen LogP contribution in [0.4, 0.5) is 30.4 Å². The van der Waals surface area contributed by atoms with Gasteiger partial charge in [0.1, 0.15) is 23.7 Å². The number of sulfone groups is 1. The Kier molecular flexibility index (Phi) is 7.17. The maximum Gasteiger partial charge on any atom is 0.295 e. The standard InChI is InChI=1S/C27H28F3N7O4S/c1-36-12-19(31-13-36)14-6-7-17(20(9-14)42(2,39)40)32-18-11-21(34-27(38)15-10-16(15)28)33-25-23(18)35-26(24(29)30)37(25)22-5-3-4-8-41-22/h6-7,9,11-13,15-16,22,24H,3-5,8,10H2,1-2H3,(H2,32,33,34,38)/t15-,16+,22?/m1/s1. The second-order valence-corrected chi connectivity index (χ2v) is 12.6. The normalized spacial score (nSPS) is 20.7. The lowest BCUT2D eigenvalue weighted by molar-refractivity contribution is -0.117. The van der Waals surface area contributed by atoms with E-state index in [1.54, 1.807) is 30.2 Å². The monoisotopic (exact) mass is 603 g/mol. The lowest BCUT2D eigenvalue weighted by Gasteiger charge is -2.25. The van der Waals surface area contributed by atoms with E-state index in [1.165, 1.54) is 22.8 Å². The molecule has 15 heteroatoms. The summed E-state index contributed by atoms with van der Waals surface area (Å²) in [4.78, 5) is 25.4. The van der Waals surface area contributed by atoms with Crippen LogP contribution in [0.15, 0.2) is 41.7 Å². The first-order valence-electron chi connectivity index (χ1n) is 13.4. The number of carbonyl (C=O) groups is 1. The zero-order valence-electron chi connectivity index (χ0n) is 22.7. The molecule has 1 aromatic carbocycles. The average molecular weight is 604 g/mol. The van der Waals surface area contributed by atoms with Crippen LogP contribution in [0.25, 0.3) is 22.4 Å². The number of hydrogen-bond acceptors (Lipinski definition) is 8. The molecule has 4 aromatic rings. The Morgan fingerprint density at radius 2 is 1.95 bits per heavy atom. The molecule has 4 heterocycles. The Morgan fingerprint density at radius 1 is 1.17 bits per heavy atom. The second-order valence-electron chi connectivity index (χ2n) is 10.6. The van der Waals surface area contributed by atoms with E-state index >= 15 is 0 Å². The number of anilines is 3. The largest absolute Gasteiger partial charge is 0.358 e. The third kappa shape index (κ3) is 5.45. The summed E-state index contributed by atoms with van der Waals surface area (Å²) in [5.41, 5.74) is 1.42. The van der Waals surface area contributed by atoms with E-state index in [1.807, 2.05) is 0 Å². The number of fused-ring (bicyclic) bond motifs is 1. The number of hydrogen-bond donors (Lipinski definition) is 2. The molecule has 11 nitrogen and oxygen atoms in total. The predicted molar refractivity (Wildman–Crippen MR) is 148 cm³/mol. The number of nitrogens with one attached hydrogen (secondary N) is 2. The van der Waals surface area contributed by atoms with Crippen molar-refractivity contribution in [3.05, 3.63) is 42.6 Å². The predicted octanol–water partition coefficient (Wildman–Crippen LogP) is 4.91. The van der Waals surface area contributed by atoms with Crippen molar-refractivity contribution in [2.24, 2.45) is 13.0 Å². The molecule has 2 N–H and O–H groups in total. The Hall–Kier alpha value is -3.98. The fraction of sp³-hybridized carbons (Fsp3) is 0.407. The van der Waals surface area contributed by atoms with Crippen LogP contribution in [0.2, 0.25) is 0 Å². The number of aryl methyl sites for hydroxylation is 1.